The zero-order valence-electron chi connectivity index (χ0n) is 17.2. The number of methoxy groups -OCH3 is 2. The molecule has 1 aliphatic carbocycles. The zero-order valence-corrected chi connectivity index (χ0v) is 18.0. The Bertz CT molecular complexity index is 944. The van der Waals surface area contributed by atoms with Crippen LogP contribution in [0.3, 0.4) is 0 Å². The first-order chi connectivity index (χ1) is 14.4. The third kappa shape index (κ3) is 4.25. The number of carbonyl (C=O) groups is 1. The van der Waals surface area contributed by atoms with Gasteiger partial charge in [0, 0.05) is 29.2 Å². The number of rotatable bonds is 6. The van der Waals surface area contributed by atoms with E-state index in [1.54, 1.807) is 32.4 Å². The molecule has 2 aromatic carbocycles. The van der Waals surface area contributed by atoms with E-state index in [2.05, 4.69) is 10.2 Å². The highest BCUT2D eigenvalue weighted by atomic mass is 35.5. The fourth-order valence-corrected chi connectivity index (χ4v) is 4.69. The molecule has 2 aromatic rings. The van der Waals surface area contributed by atoms with E-state index in [4.69, 9.17) is 21.1 Å². The molecular formula is C23H26ClFN2O3. The van der Waals surface area contributed by atoms with Crippen molar-refractivity contribution in [3.63, 3.8) is 0 Å². The molecule has 0 bridgehead atoms. The Labute approximate surface area is 181 Å². The Morgan fingerprint density at radius 3 is 2.57 bits per heavy atom. The Hall–Kier alpha value is -2.31. The lowest BCUT2D eigenvalue weighted by molar-refractivity contribution is -0.118. The fraction of sp³-hybridized carbons (Fsp3) is 0.435. The van der Waals surface area contributed by atoms with Crippen molar-refractivity contribution in [1.29, 1.82) is 0 Å². The molecule has 0 radical (unpaired) electrons. The summed E-state index contributed by atoms with van der Waals surface area (Å²) in [7, 11) is 3.21. The van der Waals surface area contributed by atoms with E-state index < -0.39 is 0 Å². The summed E-state index contributed by atoms with van der Waals surface area (Å²) in [6, 6.07) is 9.75. The molecule has 1 atom stereocenters. The Balaban J connectivity index is 1.33. The van der Waals surface area contributed by atoms with Gasteiger partial charge in [0.2, 0.25) is 5.91 Å². The first kappa shape index (κ1) is 20.9. The third-order valence-electron chi connectivity index (χ3n) is 6.40. The van der Waals surface area contributed by atoms with Crippen molar-refractivity contribution >= 4 is 23.2 Å². The summed E-state index contributed by atoms with van der Waals surface area (Å²) < 4.78 is 24.0. The number of anilines is 1. The second-order valence-corrected chi connectivity index (χ2v) is 8.60. The Kier molecular flexibility index (Phi) is 5.89. The summed E-state index contributed by atoms with van der Waals surface area (Å²) in [5, 5.41) is 3.52. The molecule has 4 rings (SSSR count). The molecular weight excluding hydrogens is 407 g/mol. The van der Waals surface area contributed by atoms with Crippen molar-refractivity contribution in [1.82, 2.24) is 4.90 Å². The molecule has 160 valence electrons. The number of nitrogens with zero attached hydrogens (tertiary/aromatic N) is 1. The summed E-state index contributed by atoms with van der Waals surface area (Å²) in [5.74, 6) is 0.945. The number of amides is 1. The lowest BCUT2D eigenvalue weighted by Gasteiger charge is -2.33. The van der Waals surface area contributed by atoms with Crippen molar-refractivity contribution in [3.05, 3.63) is 52.8 Å². The van der Waals surface area contributed by atoms with Crippen molar-refractivity contribution in [2.45, 2.75) is 25.8 Å². The smallest absolute Gasteiger partial charge is 0.228 e. The molecule has 1 N–H and O–H groups in total. The molecule has 1 saturated heterocycles. The minimum absolute atomic E-state index is 0.00279. The molecule has 30 heavy (non-hydrogen) atoms. The van der Waals surface area contributed by atoms with Crippen LogP contribution in [0.1, 0.15) is 24.8 Å². The summed E-state index contributed by atoms with van der Waals surface area (Å²) in [6.45, 7) is 2.55. The largest absolute Gasteiger partial charge is 0.493 e. The van der Waals surface area contributed by atoms with Crippen LogP contribution in [0.15, 0.2) is 36.4 Å². The zero-order chi connectivity index (χ0) is 21.3. The summed E-state index contributed by atoms with van der Waals surface area (Å²) >= 11 is 6.44. The van der Waals surface area contributed by atoms with E-state index >= 15 is 0 Å². The first-order valence-electron chi connectivity index (χ1n) is 10.1. The summed E-state index contributed by atoms with van der Waals surface area (Å²) in [4.78, 5) is 15.0. The van der Waals surface area contributed by atoms with Gasteiger partial charge in [-0.05, 0) is 67.6 Å². The number of likely N-dealkylation sites (tertiary alicyclic amines) is 1. The van der Waals surface area contributed by atoms with Crippen LogP contribution in [0, 0.1) is 17.2 Å². The van der Waals surface area contributed by atoms with Gasteiger partial charge in [-0.3, -0.25) is 9.69 Å². The predicted octanol–water partition coefficient (Wildman–Crippen LogP) is 4.74. The number of piperidine rings is 1. The average molecular weight is 433 g/mol. The third-order valence-corrected chi connectivity index (χ3v) is 6.75. The van der Waals surface area contributed by atoms with Crippen LogP contribution in [0.2, 0.25) is 5.02 Å². The van der Waals surface area contributed by atoms with Gasteiger partial charge in [0.1, 0.15) is 5.82 Å². The number of hydrogen-bond donors (Lipinski definition) is 1. The number of benzene rings is 2. The molecule has 1 saturated carbocycles. The highest BCUT2D eigenvalue weighted by Crippen LogP contribution is 2.59. The molecule has 1 aliphatic heterocycles. The molecule has 1 amide bonds. The van der Waals surface area contributed by atoms with Crippen LogP contribution >= 0.6 is 11.6 Å². The average Bonchev–Trinajstić information content (AvgIpc) is 3.44. The van der Waals surface area contributed by atoms with E-state index in [-0.39, 0.29) is 23.1 Å². The molecule has 7 heteroatoms. The standard InChI is InChI=1S/C23H26ClFN2O3/c1-29-20-10-15(19(24)12-21(20)30-2)14-27-8-6-23(7-9-27)13-18(23)22(28)26-17-5-3-4-16(25)11-17/h3-5,10-12,18H,6-9,13-14H2,1-2H3,(H,26,28). The molecule has 2 fully saturated rings. The minimum Gasteiger partial charge on any atom is -0.493 e. The van der Waals surface area contributed by atoms with Gasteiger partial charge < -0.3 is 14.8 Å². The maximum absolute atomic E-state index is 13.3. The van der Waals surface area contributed by atoms with E-state index in [0.717, 1.165) is 44.5 Å². The van der Waals surface area contributed by atoms with E-state index in [0.29, 0.717) is 22.2 Å². The van der Waals surface area contributed by atoms with Gasteiger partial charge in [0.15, 0.2) is 11.5 Å². The van der Waals surface area contributed by atoms with E-state index in [1.807, 2.05) is 6.07 Å². The van der Waals surface area contributed by atoms with E-state index in [1.165, 1.54) is 12.1 Å². The van der Waals surface area contributed by atoms with Crippen LogP contribution < -0.4 is 14.8 Å². The second kappa shape index (κ2) is 8.44. The fourth-order valence-electron chi connectivity index (χ4n) is 4.48. The second-order valence-electron chi connectivity index (χ2n) is 8.19. The van der Waals surface area contributed by atoms with Crippen LogP contribution in [-0.2, 0) is 11.3 Å². The predicted molar refractivity (Wildman–Crippen MR) is 115 cm³/mol. The lowest BCUT2D eigenvalue weighted by atomic mass is 9.90. The molecule has 1 spiro atoms. The molecule has 1 unspecified atom stereocenters. The lowest BCUT2D eigenvalue weighted by Crippen LogP contribution is -2.35. The summed E-state index contributed by atoms with van der Waals surface area (Å²) in [5.41, 5.74) is 1.60. The van der Waals surface area contributed by atoms with Crippen LogP contribution in [0.25, 0.3) is 0 Å². The quantitative estimate of drug-likeness (QED) is 0.716. The molecule has 5 nitrogen and oxygen atoms in total. The van der Waals surface area contributed by atoms with Crippen molar-refractivity contribution in [3.8, 4) is 11.5 Å². The highest BCUT2D eigenvalue weighted by molar-refractivity contribution is 6.31. The minimum atomic E-state index is -0.347. The molecule has 0 aromatic heterocycles. The van der Waals surface area contributed by atoms with Crippen molar-refractivity contribution in [2.75, 3.05) is 32.6 Å². The van der Waals surface area contributed by atoms with Gasteiger partial charge in [-0.1, -0.05) is 17.7 Å². The Morgan fingerprint density at radius 1 is 1.20 bits per heavy atom. The number of hydrogen-bond acceptors (Lipinski definition) is 4. The maximum atomic E-state index is 13.3. The number of nitrogens with one attached hydrogen (secondary N) is 1. The topological polar surface area (TPSA) is 50.8 Å². The summed E-state index contributed by atoms with van der Waals surface area (Å²) in [6.07, 6.45) is 2.84. The number of ether oxygens (including phenoxy) is 2. The van der Waals surface area contributed by atoms with Gasteiger partial charge in [-0.2, -0.15) is 0 Å². The number of halogens is 2. The van der Waals surface area contributed by atoms with Crippen molar-refractivity contribution in [2.24, 2.45) is 11.3 Å². The Morgan fingerprint density at radius 2 is 1.90 bits per heavy atom. The van der Waals surface area contributed by atoms with Crippen molar-refractivity contribution < 1.29 is 18.7 Å². The van der Waals surface area contributed by atoms with Crippen LogP contribution in [0.4, 0.5) is 10.1 Å². The van der Waals surface area contributed by atoms with Crippen LogP contribution in [0.5, 0.6) is 11.5 Å². The van der Waals surface area contributed by atoms with Crippen LogP contribution in [-0.4, -0.2) is 38.1 Å². The SMILES string of the molecule is COc1cc(Cl)c(CN2CCC3(CC2)CC3C(=O)Nc2cccc(F)c2)cc1OC. The van der Waals surface area contributed by atoms with Gasteiger partial charge in [-0.15, -0.1) is 0 Å². The normalized spacial score (nSPS) is 20.1. The molecule has 1 heterocycles. The first-order valence-corrected chi connectivity index (χ1v) is 10.5. The van der Waals surface area contributed by atoms with Gasteiger partial charge in [0.25, 0.3) is 0 Å². The van der Waals surface area contributed by atoms with Gasteiger partial charge >= 0.3 is 0 Å². The molecule has 2 aliphatic rings. The van der Waals surface area contributed by atoms with Gasteiger partial charge in [-0.25, -0.2) is 4.39 Å². The van der Waals surface area contributed by atoms with E-state index in [9.17, 15) is 9.18 Å². The highest BCUT2D eigenvalue weighted by Gasteiger charge is 2.58. The monoisotopic (exact) mass is 432 g/mol. The number of carbonyl (C=O) groups excluding carboxylic acids is 1. The maximum Gasteiger partial charge on any atom is 0.228 e. The van der Waals surface area contributed by atoms with Gasteiger partial charge in [0.05, 0.1) is 14.2 Å².